The third kappa shape index (κ3) is 3.89. The maximum absolute atomic E-state index is 5.23. The highest BCUT2D eigenvalue weighted by molar-refractivity contribution is 7.99. The van der Waals surface area contributed by atoms with E-state index in [9.17, 15) is 0 Å². The van der Waals surface area contributed by atoms with E-state index in [0.717, 1.165) is 29.8 Å². The Balaban J connectivity index is 1.77. The lowest BCUT2D eigenvalue weighted by Crippen LogP contribution is -2.26. The molecule has 94 valence electrons. The van der Waals surface area contributed by atoms with Crippen molar-refractivity contribution in [3.8, 4) is 5.88 Å². The smallest absolute Gasteiger partial charge is 0.217 e. The Bertz CT molecular complexity index is 340. The molecule has 17 heavy (non-hydrogen) atoms. The van der Waals surface area contributed by atoms with Crippen molar-refractivity contribution in [1.29, 1.82) is 0 Å². The van der Waals surface area contributed by atoms with E-state index in [4.69, 9.17) is 4.74 Å². The summed E-state index contributed by atoms with van der Waals surface area (Å²) in [7, 11) is 1.67. The van der Waals surface area contributed by atoms with Crippen molar-refractivity contribution in [2.75, 3.05) is 19.4 Å². The fourth-order valence-corrected chi connectivity index (χ4v) is 3.35. The number of nitrogens with one attached hydrogen (secondary N) is 1. The standard InChI is InChI=1S/C13H20N2OS/c1-16-13-11(5-4-7-15-13)9-14-10-12-6-2-3-8-17-12/h4-5,7,12,14H,2-3,6,8-10H2,1H3. The predicted octanol–water partition coefficient (Wildman–Crippen LogP) is 2.47. The SMILES string of the molecule is COc1ncccc1CNCC1CCCCS1. The molecule has 0 saturated carbocycles. The molecule has 4 heteroatoms. The van der Waals surface area contributed by atoms with Crippen LogP contribution in [0.2, 0.25) is 0 Å². The summed E-state index contributed by atoms with van der Waals surface area (Å²) in [5.74, 6) is 2.05. The number of ether oxygens (including phenoxy) is 1. The van der Waals surface area contributed by atoms with Crippen LogP contribution in [0.1, 0.15) is 24.8 Å². The molecule has 1 N–H and O–H groups in total. The van der Waals surface area contributed by atoms with Gasteiger partial charge in [-0.1, -0.05) is 12.5 Å². The highest BCUT2D eigenvalue weighted by atomic mass is 32.2. The summed E-state index contributed by atoms with van der Waals surface area (Å²) in [5.41, 5.74) is 1.14. The van der Waals surface area contributed by atoms with Crippen LogP contribution in [0.15, 0.2) is 18.3 Å². The fourth-order valence-electron chi connectivity index (χ4n) is 2.08. The van der Waals surface area contributed by atoms with Crippen LogP contribution in [0.3, 0.4) is 0 Å². The lowest BCUT2D eigenvalue weighted by atomic mass is 10.2. The first-order valence-corrected chi connectivity index (χ1v) is 7.25. The molecule has 0 bridgehead atoms. The van der Waals surface area contributed by atoms with E-state index < -0.39 is 0 Å². The van der Waals surface area contributed by atoms with E-state index in [1.807, 2.05) is 6.07 Å². The average Bonchev–Trinajstić information content (AvgIpc) is 2.40. The zero-order valence-electron chi connectivity index (χ0n) is 10.3. The molecule has 2 rings (SSSR count). The van der Waals surface area contributed by atoms with Crippen LogP contribution >= 0.6 is 11.8 Å². The second-order valence-corrected chi connectivity index (χ2v) is 5.70. The van der Waals surface area contributed by atoms with E-state index in [1.54, 1.807) is 13.3 Å². The molecule has 0 spiro atoms. The van der Waals surface area contributed by atoms with E-state index in [-0.39, 0.29) is 0 Å². The van der Waals surface area contributed by atoms with Gasteiger partial charge in [-0.05, 0) is 24.7 Å². The van der Waals surface area contributed by atoms with Gasteiger partial charge in [-0.25, -0.2) is 4.98 Å². The summed E-state index contributed by atoms with van der Waals surface area (Å²) < 4.78 is 5.23. The Labute approximate surface area is 107 Å². The van der Waals surface area contributed by atoms with Gasteiger partial charge < -0.3 is 10.1 Å². The molecule has 1 aromatic heterocycles. The van der Waals surface area contributed by atoms with Crippen molar-refractivity contribution >= 4 is 11.8 Å². The van der Waals surface area contributed by atoms with Crippen molar-refractivity contribution < 1.29 is 4.74 Å². The molecule has 0 aromatic carbocycles. The molecule has 0 radical (unpaired) electrons. The molecule has 0 aliphatic carbocycles. The highest BCUT2D eigenvalue weighted by Gasteiger charge is 2.13. The highest BCUT2D eigenvalue weighted by Crippen LogP contribution is 2.24. The number of hydrogen-bond acceptors (Lipinski definition) is 4. The van der Waals surface area contributed by atoms with Crippen LogP contribution in [-0.2, 0) is 6.54 Å². The monoisotopic (exact) mass is 252 g/mol. The molecule has 1 aliphatic heterocycles. The number of rotatable bonds is 5. The van der Waals surface area contributed by atoms with Crippen LogP contribution in [0.5, 0.6) is 5.88 Å². The lowest BCUT2D eigenvalue weighted by molar-refractivity contribution is 0.390. The van der Waals surface area contributed by atoms with Crippen molar-refractivity contribution in [1.82, 2.24) is 10.3 Å². The Hall–Kier alpha value is -0.740. The maximum Gasteiger partial charge on any atom is 0.217 e. The Kier molecular flexibility index (Phi) is 5.13. The first-order valence-electron chi connectivity index (χ1n) is 6.20. The van der Waals surface area contributed by atoms with Gasteiger partial charge >= 0.3 is 0 Å². The minimum absolute atomic E-state index is 0.733. The van der Waals surface area contributed by atoms with Gasteiger partial charge in [-0.15, -0.1) is 0 Å². The zero-order valence-corrected chi connectivity index (χ0v) is 11.1. The topological polar surface area (TPSA) is 34.1 Å². The van der Waals surface area contributed by atoms with Crippen LogP contribution < -0.4 is 10.1 Å². The van der Waals surface area contributed by atoms with Gasteiger partial charge in [-0.2, -0.15) is 11.8 Å². The normalized spacial score (nSPS) is 20.2. The molecule has 1 aliphatic rings. The molecule has 0 amide bonds. The van der Waals surface area contributed by atoms with Gasteiger partial charge in [0.2, 0.25) is 5.88 Å². The van der Waals surface area contributed by atoms with Crippen LogP contribution in [0.25, 0.3) is 0 Å². The second-order valence-electron chi connectivity index (χ2n) is 4.29. The van der Waals surface area contributed by atoms with Gasteiger partial charge in [0, 0.05) is 30.1 Å². The molecule has 1 saturated heterocycles. The number of aromatic nitrogens is 1. The zero-order chi connectivity index (χ0) is 11.9. The van der Waals surface area contributed by atoms with E-state index in [2.05, 4.69) is 28.1 Å². The Morgan fingerprint density at radius 2 is 2.47 bits per heavy atom. The molecule has 3 nitrogen and oxygen atoms in total. The van der Waals surface area contributed by atoms with Crippen molar-refractivity contribution in [3.05, 3.63) is 23.9 Å². The lowest BCUT2D eigenvalue weighted by Gasteiger charge is -2.21. The van der Waals surface area contributed by atoms with Gasteiger partial charge in [0.05, 0.1) is 7.11 Å². The first-order chi connectivity index (χ1) is 8.40. The number of nitrogens with zero attached hydrogens (tertiary/aromatic N) is 1. The van der Waals surface area contributed by atoms with E-state index >= 15 is 0 Å². The van der Waals surface area contributed by atoms with E-state index in [1.165, 1.54) is 25.0 Å². The average molecular weight is 252 g/mol. The summed E-state index contributed by atoms with van der Waals surface area (Å²) in [6, 6.07) is 4.02. The summed E-state index contributed by atoms with van der Waals surface area (Å²) in [6.07, 6.45) is 5.88. The largest absolute Gasteiger partial charge is 0.481 e. The number of hydrogen-bond donors (Lipinski definition) is 1. The molecule has 1 fully saturated rings. The van der Waals surface area contributed by atoms with Gasteiger partial charge in [0.25, 0.3) is 0 Å². The maximum atomic E-state index is 5.23. The minimum atomic E-state index is 0.733. The number of pyridine rings is 1. The van der Waals surface area contributed by atoms with Gasteiger partial charge in [0.1, 0.15) is 0 Å². The van der Waals surface area contributed by atoms with E-state index in [0.29, 0.717) is 0 Å². The third-order valence-electron chi connectivity index (χ3n) is 3.00. The van der Waals surface area contributed by atoms with Crippen LogP contribution in [-0.4, -0.2) is 29.6 Å². The molecule has 1 aromatic rings. The molecular weight excluding hydrogens is 232 g/mol. The van der Waals surface area contributed by atoms with Crippen molar-refractivity contribution in [3.63, 3.8) is 0 Å². The molecule has 1 unspecified atom stereocenters. The molecule has 2 heterocycles. The Morgan fingerprint density at radius 3 is 3.24 bits per heavy atom. The fraction of sp³-hybridized carbons (Fsp3) is 0.615. The minimum Gasteiger partial charge on any atom is -0.481 e. The molecular formula is C13H20N2OS. The predicted molar refractivity (Wildman–Crippen MR) is 72.6 cm³/mol. The summed E-state index contributed by atoms with van der Waals surface area (Å²) in [6.45, 7) is 1.93. The Morgan fingerprint density at radius 1 is 1.53 bits per heavy atom. The first kappa shape index (κ1) is 12.7. The van der Waals surface area contributed by atoms with Crippen molar-refractivity contribution in [2.24, 2.45) is 0 Å². The number of methoxy groups -OCH3 is 1. The van der Waals surface area contributed by atoms with Crippen LogP contribution in [0, 0.1) is 0 Å². The van der Waals surface area contributed by atoms with Crippen molar-refractivity contribution in [2.45, 2.75) is 31.1 Å². The summed E-state index contributed by atoms with van der Waals surface area (Å²) >= 11 is 2.10. The molecule has 1 atom stereocenters. The summed E-state index contributed by atoms with van der Waals surface area (Å²) in [4.78, 5) is 4.20. The van der Waals surface area contributed by atoms with Crippen LogP contribution in [0.4, 0.5) is 0 Å². The second kappa shape index (κ2) is 6.87. The number of thioether (sulfide) groups is 1. The van der Waals surface area contributed by atoms with Gasteiger partial charge in [0.15, 0.2) is 0 Å². The third-order valence-corrected chi connectivity index (χ3v) is 4.40. The summed E-state index contributed by atoms with van der Waals surface area (Å²) in [5, 5.41) is 4.29. The van der Waals surface area contributed by atoms with Gasteiger partial charge in [-0.3, -0.25) is 0 Å². The quantitative estimate of drug-likeness (QED) is 0.873.